The molecule has 2 aromatic carbocycles. The van der Waals surface area contributed by atoms with Gasteiger partial charge in [0, 0.05) is 5.56 Å². The molecule has 0 aliphatic carbocycles. The van der Waals surface area contributed by atoms with E-state index in [2.05, 4.69) is 20.5 Å². The zero-order chi connectivity index (χ0) is 22.7. The predicted octanol–water partition coefficient (Wildman–Crippen LogP) is 2.41. The average Bonchev–Trinajstić information content (AvgIpc) is 3.57. The number of hydrogen-bond acceptors (Lipinski definition) is 10. The van der Waals surface area contributed by atoms with Crippen LogP contribution in [0.5, 0.6) is 11.5 Å². The first-order valence-electron chi connectivity index (χ1n) is 10.0. The van der Waals surface area contributed by atoms with Gasteiger partial charge in [-0.3, -0.25) is 14.6 Å². The van der Waals surface area contributed by atoms with Crippen molar-refractivity contribution in [3.8, 4) is 22.9 Å². The van der Waals surface area contributed by atoms with Gasteiger partial charge in [-0.25, -0.2) is 9.29 Å². The smallest absolute Gasteiger partial charge is 0.263 e. The van der Waals surface area contributed by atoms with E-state index in [1.807, 2.05) is 0 Å². The van der Waals surface area contributed by atoms with E-state index in [0.717, 1.165) is 11.0 Å². The highest BCUT2D eigenvalue weighted by molar-refractivity contribution is 6.25. The van der Waals surface area contributed by atoms with Gasteiger partial charge in [-0.2, -0.15) is 10.1 Å². The third-order valence-electron chi connectivity index (χ3n) is 5.67. The molecule has 0 unspecified atom stereocenters. The fraction of sp³-hybridized carbons (Fsp3) is 0.238. The maximum Gasteiger partial charge on any atom is 0.263 e. The molecule has 1 fully saturated rings. The standard InChI is InChI=1S/C21H15FN6O5/c1-10-2-4-12(7-13(10)22)28-20(29)17-18(21(28)30)27(26-24-17)8-16-23-19(25-33-16)11-3-5-14-15(6-11)32-9-31-14/h2-7,17-18H,8-9H2,1H3/t17-,18-/m1/s1. The highest BCUT2D eigenvalue weighted by Gasteiger charge is 2.55. The highest BCUT2D eigenvalue weighted by Crippen LogP contribution is 2.36. The van der Waals surface area contributed by atoms with Crippen LogP contribution in [0, 0.1) is 12.7 Å². The van der Waals surface area contributed by atoms with Gasteiger partial charge in [-0.1, -0.05) is 16.4 Å². The summed E-state index contributed by atoms with van der Waals surface area (Å²) in [6, 6.07) is 7.45. The maximum atomic E-state index is 14.0. The largest absolute Gasteiger partial charge is 0.454 e. The minimum absolute atomic E-state index is 0.0304. The van der Waals surface area contributed by atoms with Crippen LogP contribution in [0.15, 0.2) is 51.3 Å². The Morgan fingerprint density at radius 2 is 1.94 bits per heavy atom. The Hall–Kier alpha value is -4.35. The van der Waals surface area contributed by atoms with Crippen molar-refractivity contribution < 1.29 is 28.0 Å². The molecule has 2 amide bonds. The lowest BCUT2D eigenvalue weighted by Crippen LogP contribution is -2.39. The topological polar surface area (TPSA) is 123 Å². The average molecular weight is 450 g/mol. The van der Waals surface area contributed by atoms with Crippen LogP contribution in [0.2, 0.25) is 0 Å². The van der Waals surface area contributed by atoms with E-state index < -0.39 is 29.7 Å². The van der Waals surface area contributed by atoms with Gasteiger partial charge in [0.25, 0.3) is 11.8 Å². The van der Waals surface area contributed by atoms with E-state index in [1.165, 1.54) is 17.1 Å². The molecule has 0 saturated carbocycles. The number of nitrogens with zero attached hydrogens (tertiary/aromatic N) is 6. The number of carbonyl (C=O) groups excluding carboxylic acids is 2. The molecule has 33 heavy (non-hydrogen) atoms. The van der Waals surface area contributed by atoms with Gasteiger partial charge in [-0.05, 0) is 42.8 Å². The number of amides is 2. The second kappa shape index (κ2) is 7.08. The molecule has 3 aliphatic rings. The summed E-state index contributed by atoms with van der Waals surface area (Å²) in [7, 11) is 0. The van der Waals surface area contributed by atoms with Crippen LogP contribution in [0.4, 0.5) is 10.1 Å². The third kappa shape index (κ3) is 3.02. The number of imide groups is 1. The van der Waals surface area contributed by atoms with E-state index in [1.54, 1.807) is 25.1 Å². The first kappa shape index (κ1) is 19.3. The second-order valence-electron chi connectivity index (χ2n) is 7.72. The molecule has 166 valence electrons. The Kier molecular flexibility index (Phi) is 4.15. The van der Waals surface area contributed by atoms with Gasteiger partial charge in [0.05, 0.1) is 5.69 Å². The monoisotopic (exact) mass is 450 g/mol. The molecule has 3 aliphatic heterocycles. The molecule has 6 rings (SSSR count). The predicted molar refractivity (Wildman–Crippen MR) is 107 cm³/mol. The summed E-state index contributed by atoms with van der Waals surface area (Å²) in [6.45, 7) is 1.72. The van der Waals surface area contributed by atoms with E-state index in [-0.39, 0.29) is 24.9 Å². The molecule has 0 bridgehead atoms. The molecule has 4 heterocycles. The number of anilines is 1. The molecular formula is C21H15FN6O5. The molecular weight excluding hydrogens is 435 g/mol. The number of fused-ring (bicyclic) bond motifs is 2. The van der Waals surface area contributed by atoms with Crippen molar-refractivity contribution in [2.45, 2.75) is 25.6 Å². The third-order valence-corrected chi connectivity index (χ3v) is 5.67. The van der Waals surface area contributed by atoms with Crippen molar-refractivity contribution in [3.05, 3.63) is 53.7 Å². The van der Waals surface area contributed by atoms with Gasteiger partial charge < -0.3 is 14.0 Å². The van der Waals surface area contributed by atoms with Crippen LogP contribution >= 0.6 is 0 Å². The van der Waals surface area contributed by atoms with Crippen LogP contribution in [-0.2, 0) is 16.1 Å². The van der Waals surface area contributed by atoms with Crippen molar-refractivity contribution >= 4 is 17.5 Å². The normalized spacial score (nSPS) is 20.8. The summed E-state index contributed by atoms with van der Waals surface area (Å²) in [5, 5.41) is 13.2. The molecule has 1 aromatic heterocycles. The lowest BCUT2D eigenvalue weighted by molar-refractivity contribution is -0.123. The SMILES string of the molecule is Cc1ccc(N2C(=O)[C@@H]3N=NN(Cc4nc(-c5ccc6c(c5)OCO6)no4)[C@H]3C2=O)cc1F. The quantitative estimate of drug-likeness (QED) is 0.556. The zero-order valence-corrected chi connectivity index (χ0v) is 17.1. The molecule has 0 N–H and O–H groups in total. The van der Waals surface area contributed by atoms with Crippen molar-refractivity contribution in [1.82, 2.24) is 15.1 Å². The minimum Gasteiger partial charge on any atom is -0.454 e. The van der Waals surface area contributed by atoms with Crippen molar-refractivity contribution in [3.63, 3.8) is 0 Å². The van der Waals surface area contributed by atoms with E-state index in [9.17, 15) is 14.0 Å². The number of aryl methyl sites for hydroxylation is 1. The summed E-state index contributed by atoms with van der Waals surface area (Å²) >= 11 is 0. The minimum atomic E-state index is -1.02. The Morgan fingerprint density at radius 3 is 2.79 bits per heavy atom. The van der Waals surface area contributed by atoms with Crippen LogP contribution in [0.25, 0.3) is 11.4 Å². The van der Waals surface area contributed by atoms with Crippen LogP contribution in [-0.4, -0.2) is 45.8 Å². The lowest BCUT2D eigenvalue weighted by Gasteiger charge is -2.19. The number of halogens is 1. The molecule has 3 aromatic rings. The first-order valence-corrected chi connectivity index (χ1v) is 10.0. The van der Waals surface area contributed by atoms with Gasteiger partial charge in [0.2, 0.25) is 18.5 Å². The highest BCUT2D eigenvalue weighted by atomic mass is 19.1. The molecule has 11 nitrogen and oxygen atoms in total. The van der Waals surface area contributed by atoms with E-state index in [0.29, 0.717) is 28.5 Å². The zero-order valence-electron chi connectivity index (χ0n) is 17.1. The number of rotatable bonds is 4. The summed E-state index contributed by atoms with van der Waals surface area (Å²) in [6.07, 6.45) is 0. The fourth-order valence-corrected chi connectivity index (χ4v) is 3.94. The van der Waals surface area contributed by atoms with Crippen molar-refractivity contribution in [2.75, 3.05) is 11.7 Å². The fourth-order valence-electron chi connectivity index (χ4n) is 3.94. The van der Waals surface area contributed by atoms with Crippen LogP contribution in [0.3, 0.4) is 0 Å². The Morgan fingerprint density at radius 1 is 1.09 bits per heavy atom. The summed E-state index contributed by atoms with van der Waals surface area (Å²) in [4.78, 5) is 31.1. The number of benzene rings is 2. The molecule has 12 heteroatoms. The molecule has 1 saturated heterocycles. The summed E-state index contributed by atoms with van der Waals surface area (Å²) in [5.41, 5.74) is 1.23. The maximum absolute atomic E-state index is 14.0. The Balaban J connectivity index is 1.22. The van der Waals surface area contributed by atoms with Crippen molar-refractivity contribution in [2.24, 2.45) is 10.3 Å². The molecule has 0 radical (unpaired) electrons. The second-order valence-corrected chi connectivity index (χ2v) is 7.72. The summed E-state index contributed by atoms with van der Waals surface area (Å²) < 4.78 is 30.0. The lowest BCUT2D eigenvalue weighted by atomic mass is 10.1. The number of ether oxygens (including phenoxy) is 2. The Bertz CT molecular complexity index is 1340. The molecule has 0 spiro atoms. The van der Waals surface area contributed by atoms with Gasteiger partial charge >= 0.3 is 0 Å². The molecule has 2 atom stereocenters. The van der Waals surface area contributed by atoms with E-state index in [4.69, 9.17) is 14.0 Å². The number of aromatic nitrogens is 2. The van der Waals surface area contributed by atoms with Crippen LogP contribution in [0.1, 0.15) is 11.5 Å². The van der Waals surface area contributed by atoms with E-state index >= 15 is 0 Å². The number of carbonyl (C=O) groups is 2. The first-order chi connectivity index (χ1) is 16.0. The van der Waals surface area contributed by atoms with Crippen LogP contribution < -0.4 is 14.4 Å². The van der Waals surface area contributed by atoms with Gasteiger partial charge in [-0.15, -0.1) is 0 Å². The van der Waals surface area contributed by atoms with Crippen molar-refractivity contribution in [1.29, 1.82) is 0 Å². The Labute approximate surface area is 185 Å². The van der Waals surface area contributed by atoms with Gasteiger partial charge in [0.1, 0.15) is 12.4 Å². The van der Waals surface area contributed by atoms with Gasteiger partial charge in [0.15, 0.2) is 23.6 Å². The number of hydrogen-bond donors (Lipinski definition) is 0. The summed E-state index contributed by atoms with van der Waals surface area (Å²) in [5.74, 6) is 0.0976.